The Bertz CT molecular complexity index is 1510. The molecule has 0 bridgehead atoms. The summed E-state index contributed by atoms with van der Waals surface area (Å²) in [5, 5.41) is 8.86. The molecule has 0 aliphatic carbocycles. The smallest absolute Gasteiger partial charge is 0.303 e. The van der Waals surface area contributed by atoms with Gasteiger partial charge in [0.05, 0.1) is 18.7 Å². The Morgan fingerprint density at radius 3 is 2.04 bits per heavy atom. The Morgan fingerprint density at radius 2 is 1.51 bits per heavy atom. The van der Waals surface area contributed by atoms with E-state index in [-0.39, 0.29) is 36.4 Å². The van der Waals surface area contributed by atoms with Gasteiger partial charge in [-0.05, 0) is 85.0 Å². The first-order valence-corrected chi connectivity index (χ1v) is 18.2. The fraction of sp³-hybridized carbons (Fsp3) is 0.459. The highest BCUT2D eigenvalue weighted by molar-refractivity contribution is 7.88. The van der Waals surface area contributed by atoms with Gasteiger partial charge in [-0.3, -0.25) is 9.59 Å². The first kappa shape index (κ1) is 37.9. The lowest BCUT2D eigenvalue weighted by Gasteiger charge is -2.41. The normalized spacial score (nSPS) is 15.1. The molecule has 0 radical (unpaired) electrons. The number of aliphatic hydroxyl groups is 1. The predicted molar refractivity (Wildman–Crippen MR) is 184 cm³/mol. The molecule has 4 rings (SSSR count). The number of halogens is 1. The predicted octanol–water partition coefficient (Wildman–Crippen LogP) is 6.92. The van der Waals surface area contributed by atoms with Crippen molar-refractivity contribution < 1.29 is 32.2 Å². The van der Waals surface area contributed by atoms with Gasteiger partial charge in [0.15, 0.2) is 0 Å². The van der Waals surface area contributed by atoms with E-state index in [1.54, 1.807) is 19.2 Å². The fourth-order valence-electron chi connectivity index (χ4n) is 5.47. The molecule has 1 N–H and O–H groups in total. The molecule has 47 heavy (non-hydrogen) atoms. The Hall–Kier alpha value is -3.60. The van der Waals surface area contributed by atoms with E-state index in [4.69, 9.17) is 9.84 Å². The fourth-order valence-corrected chi connectivity index (χ4v) is 5.93. The van der Waals surface area contributed by atoms with E-state index in [1.165, 1.54) is 35.2 Å². The van der Waals surface area contributed by atoms with Gasteiger partial charge >= 0.3 is 5.97 Å². The van der Waals surface area contributed by atoms with Gasteiger partial charge in [-0.2, -0.15) is 0 Å². The summed E-state index contributed by atoms with van der Waals surface area (Å²) in [6, 6.07) is 22.7. The number of sulfonamides is 1. The van der Waals surface area contributed by atoms with Crippen LogP contribution in [0.2, 0.25) is 0 Å². The van der Waals surface area contributed by atoms with Gasteiger partial charge in [-0.1, -0.05) is 68.3 Å². The molecule has 1 heterocycles. The SMILES string of the molecule is CCC(OC(C)=O)c1ccc(F)cc1.CN(CCCc1ccc(N2C(=O)C[C@H]2c2ccc(CCCCCCO)cc2)cc1)S(C)(=O)=O. The van der Waals surface area contributed by atoms with Crippen molar-refractivity contribution in [1.29, 1.82) is 0 Å². The van der Waals surface area contributed by atoms with Crippen molar-refractivity contribution >= 4 is 27.6 Å². The number of benzene rings is 3. The second-order valence-corrected chi connectivity index (χ2v) is 14.1. The number of nitrogens with zero attached hydrogens (tertiary/aromatic N) is 2. The quantitative estimate of drug-likeness (QED) is 0.101. The second-order valence-electron chi connectivity index (χ2n) is 12.0. The Morgan fingerprint density at radius 1 is 0.936 bits per heavy atom. The van der Waals surface area contributed by atoms with E-state index >= 15 is 0 Å². The summed E-state index contributed by atoms with van der Waals surface area (Å²) in [5.74, 6) is -0.469. The van der Waals surface area contributed by atoms with Crippen LogP contribution in [0.5, 0.6) is 0 Å². The molecule has 0 saturated carbocycles. The molecule has 1 amide bonds. The monoisotopic (exact) mass is 668 g/mol. The van der Waals surface area contributed by atoms with Crippen LogP contribution in [0.25, 0.3) is 0 Å². The maximum Gasteiger partial charge on any atom is 0.303 e. The van der Waals surface area contributed by atoms with Crippen LogP contribution >= 0.6 is 0 Å². The number of aryl methyl sites for hydroxylation is 2. The molecule has 3 aromatic rings. The standard InChI is InChI=1S/C26H36N2O4S.C11H13FO2/c1-27(33(2,31)32)18-7-9-22-12-16-24(17-13-22)28-25(20-26(28)30)23-14-10-21(11-15-23)8-5-3-4-6-19-29;1-3-11(14-8(2)13)9-4-6-10(12)7-5-9/h10-17,25,29H,3-9,18-20H2,1-2H3;4-7,11H,3H2,1-2H3/t25-;/m0./s1. The van der Waals surface area contributed by atoms with Crippen LogP contribution in [-0.2, 0) is 37.2 Å². The van der Waals surface area contributed by atoms with Crippen molar-refractivity contribution in [3.05, 3.63) is 101 Å². The summed E-state index contributed by atoms with van der Waals surface area (Å²) in [7, 11) is -1.54. The molecule has 1 aliphatic heterocycles. The number of amides is 1. The van der Waals surface area contributed by atoms with Crippen LogP contribution in [0.3, 0.4) is 0 Å². The lowest BCUT2D eigenvalue weighted by molar-refractivity contribution is -0.146. The zero-order valence-corrected chi connectivity index (χ0v) is 28.8. The maximum absolute atomic E-state index is 12.6. The highest BCUT2D eigenvalue weighted by Gasteiger charge is 2.38. The Labute approximate surface area is 279 Å². The number of rotatable bonds is 16. The number of ether oxygens (including phenoxy) is 1. The molecule has 0 aromatic heterocycles. The summed E-state index contributed by atoms with van der Waals surface area (Å²) in [5.41, 5.74) is 5.33. The molecule has 0 spiro atoms. The van der Waals surface area contributed by atoms with E-state index in [2.05, 4.69) is 24.3 Å². The van der Waals surface area contributed by atoms with Crippen molar-refractivity contribution in [3.63, 3.8) is 0 Å². The van der Waals surface area contributed by atoms with Crippen LogP contribution in [-0.4, -0.2) is 56.2 Å². The van der Waals surface area contributed by atoms with Gasteiger partial charge in [0.1, 0.15) is 11.9 Å². The Balaban J connectivity index is 0.000000358. The zero-order valence-electron chi connectivity index (χ0n) is 28.0. The molecule has 2 atom stereocenters. The lowest BCUT2D eigenvalue weighted by atomic mass is 9.91. The molecule has 10 heteroatoms. The largest absolute Gasteiger partial charge is 0.458 e. The number of anilines is 1. The summed E-state index contributed by atoms with van der Waals surface area (Å²) < 4.78 is 42.0. The number of hydrogen-bond donors (Lipinski definition) is 1. The molecular weight excluding hydrogens is 619 g/mol. The van der Waals surface area contributed by atoms with Crippen molar-refractivity contribution in [2.75, 3.05) is 31.4 Å². The van der Waals surface area contributed by atoms with Gasteiger partial charge in [0.25, 0.3) is 0 Å². The van der Waals surface area contributed by atoms with Gasteiger partial charge < -0.3 is 14.7 Å². The molecule has 1 unspecified atom stereocenters. The van der Waals surface area contributed by atoms with E-state index in [0.717, 1.165) is 67.3 Å². The zero-order chi connectivity index (χ0) is 34.4. The van der Waals surface area contributed by atoms with E-state index < -0.39 is 10.0 Å². The minimum absolute atomic E-state index is 0.0744. The average molecular weight is 669 g/mol. The third-order valence-electron chi connectivity index (χ3n) is 8.33. The van der Waals surface area contributed by atoms with Gasteiger partial charge in [0, 0.05) is 32.8 Å². The minimum Gasteiger partial charge on any atom is -0.458 e. The highest BCUT2D eigenvalue weighted by Crippen LogP contribution is 2.39. The van der Waals surface area contributed by atoms with E-state index in [0.29, 0.717) is 19.4 Å². The summed E-state index contributed by atoms with van der Waals surface area (Å²) in [4.78, 5) is 25.0. The molecule has 1 fully saturated rings. The number of esters is 1. The summed E-state index contributed by atoms with van der Waals surface area (Å²) in [6.45, 7) is 4.05. The number of carbonyl (C=O) groups is 2. The third kappa shape index (κ3) is 12.2. The molecule has 3 aromatic carbocycles. The van der Waals surface area contributed by atoms with Crippen LogP contribution in [0.15, 0.2) is 72.8 Å². The first-order chi connectivity index (χ1) is 22.4. The van der Waals surface area contributed by atoms with E-state index in [9.17, 15) is 22.4 Å². The molecular formula is C37H49FN2O6S. The number of hydrogen-bond acceptors (Lipinski definition) is 6. The molecule has 1 saturated heterocycles. The number of unbranched alkanes of at least 4 members (excludes halogenated alkanes) is 3. The summed E-state index contributed by atoms with van der Waals surface area (Å²) in [6.07, 6.45) is 8.97. The molecule has 8 nitrogen and oxygen atoms in total. The van der Waals surface area contributed by atoms with Crippen LogP contribution < -0.4 is 4.90 Å². The summed E-state index contributed by atoms with van der Waals surface area (Å²) >= 11 is 0. The van der Waals surface area contributed by atoms with Crippen molar-refractivity contribution in [3.8, 4) is 0 Å². The second kappa shape index (κ2) is 18.7. The molecule has 1 aliphatic rings. The van der Waals surface area contributed by atoms with Crippen LogP contribution in [0.1, 0.15) is 93.2 Å². The highest BCUT2D eigenvalue weighted by atomic mass is 32.2. The van der Waals surface area contributed by atoms with Crippen LogP contribution in [0, 0.1) is 5.82 Å². The Kier molecular flexibility index (Phi) is 15.0. The first-order valence-electron chi connectivity index (χ1n) is 16.4. The van der Waals surface area contributed by atoms with Crippen molar-refractivity contribution in [2.24, 2.45) is 0 Å². The number of carbonyl (C=O) groups excluding carboxylic acids is 2. The number of aliphatic hydroxyl groups excluding tert-OH is 1. The van der Waals surface area contributed by atoms with Crippen molar-refractivity contribution in [1.82, 2.24) is 4.31 Å². The van der Waals surface area contributed by atoms with Gasteiger partial charge in [-0.25, -0.2) is 17.1 Å². The van der Waals surface area contributed by atoms with Crippen molar-refractivity contribution in [2.45, 2.75) is 83.8 Å². The number of β-lactam (4-membered cyclic amide) rings is 1. The van der Waals surface area contributed by atoms with Crippen LogP contribution in [0.4, 0.5) is 10.1 Å². The maximum atomic E-state index is 12.6. The third-order valence-corrected chi connectivity index (χ3v) is 9.64. The van der Waals surface area contributed by atoms with Gasteiger partial charge in [0.2, 0.25) is 15.9 Å². The molecule has 256 valence electrons. The average Bonchev–Trinajstić information content (AvgIpc) is 3.03. The van der Waals surface area contributed by atoms with E-state index in [1.807, 2.05) is 36.1 Å². The minimum atomic E-state index is -3.14. The lowest BCUT2D eigenvalue weighted by Crippen LogP contribution is -2.46. The van der Waals surface area contributed by atoms with Gasteiger partial charge in [-0.15, -0.1) is 0 Å². The topological polar surface area (TPSA) is 104 Å².